The molecule has 0 amide bonds. The second-order valence-electron chi connectivity index (χ2n) is 6.48. The average Bonchev–Trinajstić information content (AvgIpc) is 2.58. The molecule has 0 N–H and O–H groups in total. The van der Waals surface area contributed by atoms with Crippen LogP contribution in [0.4, 0.5) is 0 Å². The SMILES string of the molecule is CCCCCC/C(C(=O)OCC)=C(/C(=O)OCC)C1CCCCC1. The molecule has 0 aromatic carbocycles. The molecule has 24 heavy (non-hydrogen) atoms. The third-order valence-corrected chi connectivity index (χ3v) is 4.64. The molecule has 0 radical (unpaired) electrons. The lowest BCUT2D eigenvalue weighted by atomic mass is 9.80. The van der Waals surface area contributed by atoms with Crippen molar-refractivity contribution in [3.63, 3.8) is 0 Å². The van der Waals surface area contributed by atoms with Crippen molar-refractivity contribution in [2.24, 2.45) is 5.92 Å². The first-order valence-electron chi connectivity index (χ1n) is 9.72. The Morgan fingerprint density at radius 3 is 2.04 bits per heavy atom. The van der Waals surface area contributed by atoms with Crippen LogP contribution < -0.4 is 0 Å². The van der Waals surface area contributed by atoms with E-state index in [2.05, 4.69) is 6.92 Å². The number of carbonyl (C=O) groups excluding carboxylic acids is 2. The summed E-state index contributed by atoms with van der Waals surface area (Å²) in [6.07, 6.45) is 10.2. The molecule has 1 rings (SSSR count). The van der Waals surface area contributed by atoms with Crippen LogP contribution in [-0.4, -0.2) is 25.2 Å². The predicted molar refractivity (Wildman–Crippen MR) is 95.6 cm³/mol. The largest absolute Gasteiger partial charge is 0.463 e. The number of esters is 2. The molecule has 1 aliphatic rings. The van der Waals surface area contributed by atoms with Gasteiger partial charge in [0.25, 0.3) is 0 Å². The molecule has 0 aromatic heterocycles. The molecule has 138 valence electrons. The summed E-state index contributed by atoms with van der Waals surface area (Å²) in [7, 11) is 0. The van der Waals surface area contributed by atoms with Crippen LogP contribution in [0.1, 0.15) is 85.0 Å². The Labute approximate surface area is 147 Å². The normalized spacial score (nSPS) is 16.5. The molecular weight excluding hydrogens is 304 g/mol. The van der Waals surface area contributed by atoms with Crippen molar-refractivity contribution >= 4 is 11.9 Å². The number of unbranched alkanes of at least 4 members (excludes halogenated alkanes) is 3. The molecule has 1 saturated carbocycles. The van der Waals surface area contributed by atoms with Gasteiger partial charge >= 0.3 is 11.9 Å². The average molecular weight is 338 g/mol. The first kappa shape index (κ1) is 20.7. The van der Waals surface area contributed by atoms with Crippen molar-refractivity contribution < 1.29 is 19.1 Å². The highest BCUT2D eigenvalue weighted by Gasteiger charge is 2.30. The van der Waals surface area contributed by atoms with Crippen molar-refractivity contribution in [2.45, 2.75) is 85.0 Å². The molecule has 0 unspecified atom stereocenters. The van der Waals surface area contributed by atoms with Crippen LogP contribution in [0.3, 0.4) is 0 Å². The standard InChI is InChI=1S/C20H34O4/c1-4-7-8-12-15-17(19(21)23-5-2)18(20(22)24-6-3)16-13-10-9-11-14-16/h16H,4-15H2,1-3H3/b18-17-. The lowest BCUT2D eigenvalue weighted by molar-refractivity contribution is -0.142. The smallest absolute Gasteiger partial charge is 0.334 e. The van der Waals surface area contributed by atoms with Crippen LogP contribution >= 0.6 is 0 Å². The minimum absolute atomic E-state index is 0.142. The molecule has 0 atom stereocenters. The van der Waals surface area contributed by atoms with Crippen LogP contribution in [0.15, 0.2) is 11.1 Å². The highest BCUT2D eigenvalue weighted by molar-refractivity contribution is 6.00. The van der Waals surface area contributed by atoms with Gasteiger partial charge in [-0.25, -0.2) is 9.59 Å². The van der Waals surface area contributed by atoms with Crippen LogP contribution in [0.2, 0.25) is 0 Å². The Morgan fingerprint density at radius 2 is 1.46 bits per heavy atom. The summed E-state index contributed by atoms with van der Waals surface area (Å²) in [4.78, 5) is 25.1. The third-order valence-electron chi connectivity index (χ3n) is 4.64. The van der Waals surface area contributed by atoms with Gasteiger partial charge < -0.3 is 9.47 Å². The van der Waals surface area contributed by atoms with Crippen molar-refractivity contribution in [3.05, 3.63) is 11.1 Å². The monoisotopic (exact) mass is 338 g/mol. The zero-order chi connectivity index (χ0) is 17.8. The van der Waals surface area contributed by atoms with E-state index in [1.54, 1.807) is 6.92 Å². The van der Waals surface area contributed by atoms with Gasteiger partial charge in [-0.3, -0.25) is 0 Å². The number of carbonyl (C=O) groups is 2. The van der Waals surface area contributed by atoms with Gasteiger partial charge in [0, 0.05) is 5.57 Å². The number of hydrogen-bond donors (Lipinski definition) is 0. The minimum Gasteiger partial charge on any atom is -0.463 e. The van der Waals surface area contributed by atoms with Gasteiger partial charge in [-0.15, -0.1) is 0 Å². The van der Waals surface area contributed by atoms with E-state index in [9.17, 15) is 9.59 Å². The Morgan fingerprint density at radius 1 is 0.833 bits per heavy atom. The molecule has 0 heterocycles. The van der Waals surface area contributed by atoms with E-state index in [4.69, 9.17) is 9.47 Å². The van der Waals surface area contributed by atoms with E-state index in [-0.39, 0.29) is 17.9 Å². The summed E-state index contributed by atoms with van der Waals surface area (Å²) < 4.78 is 10.5. The first-order valence-corrected chi connectivity index (χ1v) is 9.72. The summed E-state index contributed by atoms with van der Waals surface area (Å²) >= 11 is 0. The molecule has 1 aliphatic carbocycles. The molecule has 4 nitrogen and oxygen atoms in total. The molecule has 0 spiro atoms. The second kappa shape index (κ2) is 12.1. The third kappa shape index (κ3) is 6.66. The summed E-state index contributed by atoms with van der Waals surface area (Å²) in [6, 6.07) is 0. The van der Waals surface area contributed by atoms with Crippen molar-refractivity contribution in [1.29, 1.82) is 0 Å². The van der Waals surface area contributed by atoms with Crippen molar-refractivity contribution in [3.8, 4) is 0 Å². The summed E-state index contributed by atoms with van der Waals surface area (Å²) in [5.41, 5.74) is 1.17. The topological polar surface area (TPSA) is 52.6 Å². The molecule has 0 aliphatic heterocycles. The summed E-state index contributed by atoms with van der Waals surface area (Å²) in [5, 5.41) is 0. The van der Waals surface area contributed by atoms with E-state index in [1.807, 2.05) is 6.92 Å². The fraction of sp³-hybridized carbons (Fsp3) is 0.800. The van der Waals surface area contributed by atoms with E-state index in [0.717, 1.165) is 51.4 Å². The van der Waals surface area contributed by atoms with Gasteiger partial charge in [0.15, 0.2) is 0 Å². The molecule has 0 saturated heterocycles. The molecule has 4 heteroatoms. The maximum absolute atomic E-state index is 12.6. The number of hydrogen-bond acceptors (Lipinski definition) is 4. The summed E-state index contributed by atoms with van der Waals surface area (Å²) in [6.45, 7) is 6.44. The highest BCUT2D eigenvalue weighted by Crippen LogP contribution is 2.34. The molecular formula is C20H34O4. The molecule has 0 bridgehead atoms. The molecule has 0 aromatic rings. The molecule has 1 fully saturated rings. The maximum Gasteiger partial charge on any atom is 0.334 e. The maximum atomic E-state index is 12.6. The first-order chi connectivity index (χ1) is 11.7. The van der Waals surface area contributed by atoms with E-state index in [0.29, 0.717) is 30.8 Å². The predicted octanol–water partition coefficient (Wildman–Crippen LogP) is 4.96. The number of rotatable bonds is 10. The number of ether oxygens (including phenoxy) is 2. The van der Waals surface area contributed by atoms with Gasteiger partial charge in [-0.2, -0.15) is 0 Å². The van der Waals surface area contributed by atoms with Gasteiger partial charge in [0.05, 0.1) is 18.8 Å². The fourth-order valence-electron chi connectivity index (χ4n) is 3.43. The second-order valence-corrected chi connectivity index (χ2v) is 6.48. The Balaban J connectivity index is 3.08. The quantitative estimate of drug-likeness (QED) is 0.321. The van der Waals surface area contributed by atoms with E-state index in [1.165, 1.54) is 6.42 Å². The van der Waals surface area contributed by atoms with Gasteiger partial charge in [0.1, 0.15) is 0 Å². The van der Waals surface area contributed by atoms with E-state index < -0.39 is 0 Å². The van der Waals surface area contributed by atoms with Crippen LogP contribution in [0, 0.1) is 5.92 Å². The van der Waals surface area contributed by atoms with Crippen molar-refractivity contribution in [1.82, 2.24) is 0 Å². The lowest BCUT2D eigenvalue weighted by Crippen LogP contribution is -2.24. The lowest BCUT2D eigenvalue weighted by Gasteiger charge is -2.25. The van der Waals surface area contributed by atoms with Gasteiger partial charge in [-0.1, -0.05) is 45.4 Å². The Hall–Kier alpha value is -1.32. The van der Waals surface area contributed by atoms with Crippen LogP contribution in [0.25, 0.3) is 0 Å². The Kier molecular flexibility index (Phi) is 10.4. The summed E-state index contributed by atoms with van der Waals surface area (Å²) in [5.74, 6) is -0.506. The van der Waals surface area contributed by atoms with Gasteiger partial charge in [0.2, 0.25) is 0 Å². The highest BCUT2D eigenvalue weighted by atomic mass is 16.5. The minimum atomic E-state index is -0.331. The van der Waals surface area contributed by atoms with Crippen LogP contribution in [0.5, 0.6) is 0 Å². The Bertz CT molecular complexity index is 419. The van der Waals surface area contributed by atoms with E-state index >= 15 is 0 Å². The zero-order valence-corrected chi connectivity index (χ0v) is 15.7. The van der Waals surface area contributed by atoms with Gasteiger partial charge in [-0.05, 0) is 45.4 Å². The fourth-order valence-corrected chi connectivity index (χ4v) is 3.43. The zero-order valence-electron chi connectivity index (χ0n) is 15.7. The van der Waals surface area contributed by atoms with Crippen LogP contribution in [-0.2, 0) is 19.1 Å². The van der Waals surface area contributed by atoms with Crippen molar-refractivity contribution in [2.75, 3.05) is 13.2 Å².